The van der Waals surface area contributed by atoms with Crippen molar-refractivity contribution in [3.8, 4) is 0 Å². The Hall–Kier alpha value is -3.31. The fourth-order valence-corrected chi connectivity index (χ4v) is 4.39. The summed E-state index contributed by atoms with van der Waals surface area (Å²) in [4.78, 5) is 27.4. The van der Waals surface area contributed by atoms with Crippen LogP contribution in [0.25, 0.3) is 11.2 Å². The van der Waals surface area contributed by atoms with Crippen molar-refractivity contribution in [3.63, 3.8) is 0 Å². The van der Waals surface area contributed by atoms with Crippen molar-refractivity contribution in [1.82, 2.24) is 24.8 Å². The number of hydrogen-bond donors (Lipinski definition) is 3. The van der Waals surface area contributed by atoms with Gasteiger partial charge in [-0.3, -0.25) is 4.79 Å². The maximum atomic E-state index is 14.9. The summed E-state index contributed by atoms with van der Waals surface area (Å²) in [7, 11) is 1.53. The number of fused-ring (bicyclic) bond motifs is 1. The molecule has 5 rings (SSSR count). The molecule has 174 valence electrons. The number of rotatable bonds is 7. The van der Waals surface area contributed by atoms with Crippen molar-refractivity contribution in [2.45, 2.75) is 44.0 Å². The number of carbonyl (C=O) groups is 1. The van der Waals surface area contributed by atoms with Gasteiger partial charge in [0.1, 0.15) is 23.2 Å². The van der Waals surface area contributed by atoms with E-state index in [-0.39, 0.29) is 30.2 Å². The molecule has 1 aromatic carbocycles. The van der Waals surface area contributed by atoms with Crippen molar-refractivity contribution < 1.29 is 13.9 Å². The van der Waals surface area contributed by atoms with Gasteiger partial charge >= 0.3 is 0 Å². The van der Waals surface area contributed by atoms with E-state index in [0.29, 0.717) is 42.8 Å². The monoisotopic (exact) mass is 454 g/mol. The molecule has 1 aliphatic carbocycles. The van der Waals surface area contributed by atoms with Crippen molar-refractivity contribution in [2.24, 2.45) is 5.73 Å². The number of benzene rings is 1. The Kier molecular flexibility index (Phi) is 5.37. The molecule has 2 fully saturated rings. The predicted molar refractivity (Wildman–Crippen MR) is 121 cm³/mol. The van der Waals surface area contributed by atoms with Gasteiger partial charge in [-0.1, -0.05) is 0 Å². The molecule has 3 aromatic rings. The number of halogens is 1. The Bertz CT molecular complexity index is 1210. The Morgan fingerprint density at radius 2 is 2.12 bits per heavy atom. The molecular formula is C22H27FN8O2. The zero-order valence-electron chi connectivity index (χ0n) is 18.4. The maximum Gasteiger partial charge on any atom is 0.242 e. The third-order valence-electron chi connectivity index (χ3n) is 6.40. The molecular weight excluding hydrogens is 427 g/mol. The highest BCUT2D eigenvalue weighted by molar-refractivity contribution is 5.88. The van der Waals surface area contributed by atoms with E-state index in [1.807, 2.05) is 4.90 Å². The molecule has 1 saturated carbocycles. The fourth-order valence-electron chi connectivity index (χ4n) is 4.39. The average molecular weight is 455 g/mol. The maximum absolute atomic E-state index is 14.9. The number of anilines is 2. The zero-order valence-corrected chi connectivity index (χ0v) is 18.4. The summed E-state index contributed by atoms with van der Waals surface area (Å²) in [5.41, 5.74) is 14.5. The van der Waals surface area contributed by atoms with Gasteiger partial charge in [0.15, 0.2) is 11.5 Å². The van der Waals surface area contributed by atoms with Gasteiger partial charge in [-0.05, 0) is 31.4 Å². The molecule has 1 amide bonds. The molecule has 11 heteroatoms. The Balaban J connectivity index is 1.51. The van der Waals surface area contributed by atoms with Crippen LogP contribution in [0.3, 0.4) is 0 Å². The Morgan fingerprint density at radius 3 is 2.88 bits per heavy atom. The lowest BCUT2D eigenvalue weighted by Crippen LogP contribution is -2.56. The van der Waals surface area contributed by atoms with Crippen molar-refractivity contribution in [1.29, 1.82) is 0 Å². The van der Waals surface area contributed by atoms with E-state index in [0.717, 1.165) is 24.1 Å². The van der Waals surface area contributed by atoms with Gasteiger partial charge in [-0.15, -0.1) is 0 Å². The van der Waals surface area contributed by atoms with Crippen LogP contribution in [0.1, 0.15) is 30.4 Å². The molecule has 0 unspecified atom stereocenters. The van der Waals surface area contributed by atoms with Crippen molar-refractivity contribution in [2.75, 3.05) is 30.8 Å². The van der Waals surface area contributed by atoms with Gasteiger partial charge < -0.3 is 31.0 Å². The van der Waals surface area contributed by atoms with Crippen LogP contribution in [0.2, 0.25) is 0 Å². The molecule has 0 radical (unpaired) electrons. The molecule has 5 N–H and O–H groups in total. The van der Waals surface area contributed by atoms with E-state index in [2.05, 4.69) is 20.3 Å². The van der Waals surface area contributed by atoms with Crippen LogP contribution in [0.5, 0.6) is 0 Å². The minimum Gasteiger partial charge on any atom is -0.382 e. The first-order valence-electron chi connectivity index (χ1n) is 10.9. The standard InChI is InChI=1S/C22H27FN8O2/c1-33-9-15-14(8-31-12-28-18-19(24)26-11-27-20(18)31)17(5-4-16(15)23)30-7-6-22(25,10-30)21(32)29-13-2-3-13/h4-5,11-13H,2-3,6-10,25H2,1H3,(H,29,32)(H2,24,26,27)/t22-/m1/s1. The number of ether oxygens (including phenoxy) is 1. The van der Waals surface area contributed by atoms with Gasteiger partial charge in [0.2, 0.25) is 5.91 Å². The summed E-state index contributed by atoms with van der Waals surface area (Å²) in [5.74, 6) is -0.204. The van der Waals surface area contributed by atoms with Gasteiger partial charge in [-0.2, -0.15) is 0 Å². The Morgan fingerprint density at radius 1 is 1.30 bits per heavy atom. The molecule has 2 aromatic heterocycles. The van der Waals surface area contributed by atoms with Crippen LogP contribution < -0.4 is 21.7 Å². The quantitative estimate of drug-likeness (QED) is 0.479. The summed E-state index contributed by atoms with van der Waals surface area (Å²) in [6.07, 6.45) is 5.50. The third-order valence-corrected chi connectivity index (χ3v) is 6.40. The molecule has 0 bridgehead atoms. The van der Waals surface area contributed by atoms with Crippen LogP contribution >= 0.6 is 0 Å². The molecule has 0 spiro atoms. The van der Waals surface area contributed by atoms with Crippen LogP contribution in [0.15, 0.2) is 24.8 Å². The molecule has 2 aliphatic rings. The second-order valence-corrected chi connectivity index (χ2v) is 8.84. The van der Waals surface area contributed by atoms with Crippen molar-refractivity contribution >= 4 is 28.6 Å². The lowest BCUT2D eigenvalue weighted by molar-refractivity contribution is -0.125. The van der Waals surface area contributed by atoms with Gasteiger partial charge in [-0.25, -0.2) is 19.3 Å². The van der Waals surface area contributed by atoms with Crippen molar-refractivity contribution in [3.05, 3.63) is 41.7 Å². The normalized spacial score (nSPS) is 20.5. The number of aromatic nitrogens is 4. The molecule has 3 heterocycles. The number of methoxy groups -OCH3 is 1. The number of amides is 1. The van der Waals surface area contributed by atoms with Gasteiger partial charge in [0.25, 0.3) is 0 Å². The Labute approximate surface area is 190 Å². The summed E-state index contributed by atoms with van der Waals surface area (Å²) < 4.78 is 22.0. The van der Waals surface area contributed by atoms with E-state index in [1.165, 1.54) is 19.5 Å². The molecule has 1 atom stereocenters. The van der Waals surface area contributed by atoms with E-state index in [1.54, 1.807) is 17.0 Å². The lowest BCUT2D eigenvalue weighted by Gasteiger charge is -2.27. The molecule has 10 nitrogen and oxygen atoms in total. The van der Waals surface area contributed by atoms with E-state index in [4.69, 9.17) is 16.2 Å². The van der Waals surface area contributed by atoms with Crippen LogP contribution in [0.4, 0.5) is 15.9 Å². The topological polar surface area (TPSA) is 137 Å². The number of nitrogens with one attached hydrogen (secondary N) is 1. The first-order chi connectivity index (χ1) is 15.9. The highest BCUT2D eigenvalue weighted by Gasteiger charge is 2.43. The van der Waals surface area contributed by atoms with Crippen LogP contribution in [-0.2, 0) is 22.7 Å². The predicted octanol–water partition coefficient (Wildman–Crippen LogP) is 0.929. The average Bonchev–Trinajstić information content (AvgIpc) is 3.37. The van der Waals surface area contributed by atoms with E-state index >= 15 is 0 Å². The largest absolute Gasteiger partial charge is 0.382 e. The van der Waals surface area contributed by atoms with Crippen LogP contribution in [0, 0.1) is 5.82 Å². The summed E-state index contributed by atoms with van der Waals surface area (Å²) in [6.45, 7) is 1.32. The van der Waals surface area contributed by atoms with E-state index in [9.17, 15) is 9.18 Å². The minimum absolute atomic E-state index is 0.0997. The highest BCUT2D eigenvalue weighted by atomic mass is 19.1. The molecule has 1 aliphatic heterocycles. The second-order valence-electron chi connectivity index (χ2n) is 8.84. The minimum atomic E-state index is -0.987. The second kappa shape index (κ2) is 8.23. The smallest absolute Gasteiger partial charge is 0.242 e. The number of nitrogens with zero attached hydrogens (tertiary/aromatic N) is 5. The number of hydrogen-bond acceptors (Lipinski definition) is 8. The SMILES string of the molecule is COCc1c(F)ccc(N2CC[C@](N)(C(=O)NC3CC3)C2)c1Cn1cnc2c(N)ncnc21. The molecule has 33 heavy (non-hydrogen) atoms. The summed E-state index contributed by atoms with van der Waals surface area (Å²) in [5, 5.41) is 3.02. The summed E-state index contributed by atoms with van der Waals surface area (Å²) >= 11 is 0. The number of carbonyl (C=O) groups excluding carboxylic acids is 1. The summed E-state index contributed by atoms with van der Waals surface area (Å²) in [6, 6.07) is 3.40. The first kappa shape index (κ1) is 21.5. The zero-order chi connectivity index (χ0) is 23.2. The number of nitrogen functional groups attached to an aromatic ring is 1. The van der Waals surface area contributed by atoms with Gasteiger partial charge in [0.05, 0.1) is 19.5 Å². The highest BCUT2D eigenvalue weighted by Crippen LogP contribution is 2.33. The molecule has 1 saturated heterocycles. The lowest BCUT2D eigenvalue weighted by atomic mass is 9.99. The third kappa shape index (κ3) is 3.98. The fraction of sp³-hybridized carbons (Fsp3) is 0.455. The van der Waals surface area contributed by atoms with Gasteiger partial charge in [0, 0.05) is 43.1 Å². The number of nitrogens with two attached hydrogens (primary N) is 2. The number of imidazole rings is 1. The van der Waals surface area contributed by atoms with E-state index < -0.39 is 5.54 Å². The van der Waals surface area contributed by atoms with Crippen LogP contribution in [-0.4, -0.2) is 57.2 Å². The first-order valence-corrected chi connectivity index (χ1v) is 10.9.